The summed E-state index contributed by atoms with van der Waals surface area (Å²) in [5.74, 6) is -2.08. The van der Waals surface area contributed by atoms with Crippen LogP contribution in [0.15, 0.2) is 0 Å². The van der Waals surface area contributed by atoms with E-state index in [-0.39, 0.29) is 17.6 Å². The molecule has 0 bridgehead atoms. The summed E-state index contributed by atoms with van der Waals surface area (Å²) in [6.07, 6.45) is -9.88. The highest BCUT2D eigenvalue weighted by Gasteiger charge is 2.46. The zero-order chi connectivity index (χ0) is 12.8. The Labute approximate surface area is 90.6 Å². The van der Waals surface area contributed by atoms with Crippen LogP contribution in [0, 0.1) is 0 Å². The lowest BCUT2D eigenvalue weighted by Crippen LogP contribution is -2.34. The van der Waals surface area contributed by atoms with Crippen LogP contribution in [0.5, 0.6) is 0 Å². The van der Waals surface area contributed by atoms with Gasteiger partial charge in [0.2, 0.25) is 5.95 Å². The van der Waals surface area contributed by atoms with E-state index in [1.807, 2.05) is 0 Å². The molecule has 0 saturated carbocycles. The van der Waals surface area contributed by atoms with Crippen molar-refractivity contribution in [2.75, 3.05) is 11.9 Å². The molecular weight excluding hydrogens is 254 g/mol. The van der Waals surface area contributed by atoms with Crippen LogP contribution in [0.2, 0.25) is 0 Å². The molecule has 0 amide bonds. The first-order valence-electron chi connectivity index (χ1n) is 4.54. The second-order valence-electron chi connectivity index (χ2n) is 3.47. The number of aromatic nitrogens is 3. The second-order valence-corrected chi connectivity index (χ2v) is 3.47. The predicted octanol–water partition coefficient (Wildman–Crippen LogP) is 2.22. The quantitative estimate of drug-likeness (QED) is 0.727. The van der Waals surface area contributed by atoms with Crippen LogP contribution in [0.25, 0.3) is 0 Å². The molecule has 1 aromatic heterocycles. The van der Waals surface area contributed by atoms with Crippen LogP contribution in [-0.4, -0.2) is 27.5 Å². The Morgan fingerprint density at radius 1 is 1.18 bits per heavy atom. The van der Waals surface area contributed by atoms with Crippen LogP contribution in [0.4, 0.5) is 32.3 Å². The molecule has 1 aliphatic heterocycles. The van der Waals surface area contributed by atoms with Crippen molar-refractivity contribution in [2.24, 2.45) is 0 Å². The highest BCUT2D eigenvalue weighted by molar-refractivity contribution is 5.29. The molecule has 2 heterocycles. The van der Waals surface area contributed by atoms with Gasteiger partial charge in [0.25, 0.3) is 5.82 Å². The third-order valence-electron chi connectivity index (χ3n) is 2.26. The second kappa shape index (κ2) is 3.50. The minimum Gasteiger partial charge on any atom is -0.354 e. The molecule has 0 aliphatic carbocycles. The maximum atomic E-state index is 12.5. The number of hydrogen-bond donors (Lipinski definition) is 1. The van der Waals surface area contributed by atoms with Gasteiger partial charge in [-0.05, 0) is 6.42 Å². The predicted molar refractivity (Wildman–Crippen MR) is 43.2 cm³/mol. The zero-order valence-electron chi connectivity index (χ0n) is 8.10. The molecule has 1 N–H and O–H groups in total. The molecule has 2 rings (SSSR count). The standard InChI is InChI=1S/C7H6F6N4/c8-6(9,10)3-1-2-14-5-15-4(7(11,12)13)16-17(3)5/h3H,1-2H2,(H,14,15,16). The van der Waals surface area contributed by atoms with E-state index in [9.17, 15) is 26.3 Å². The van der Waals surface area contributed by atoms with E-state index in [0.717, 1.165) is 0 Å². The average molecular weight is 260 g/mol. The van der Waals surface area contributed by atoms with Crippen LogP contribution in [-0.2, 0) is 6.18 Å². The number of nitrogens with one attached hydrogen (secondary N) is 1. The van der Waals surface area contributed by atoms with Gasteiger partial charge in [-0.15, -0.1) is 5.10 Å². The Morgan fingerprint density at radius 3 is 2.35 bits per heavy atom. The van der Waals surface area contributed by atoms with Crippen molar-refractivity contribution in [2.45, 2.75) is 24.8 Å². The van der Waals surface area contributed by atoms with E-state index in [1.165, 1.54) is 0 Å². The highest BCUT2D eigenvalue weighted by Crippen LogP contribution is 2.38. The summed E-state index contributed by atoms with van der Waals surface area (Å²) < 4.78 is 74.6. The Kier molecular flexibility index (Phi) is 2.47. The Bertz CT molecular complexity index is 419. The van der Waals surface area contributed by atoms with E-state index in [1.54, 1.807) is 0 Å². The number of rotatable bonds is 0. The van der Waals surface area contributed by atoms with Crippen molar-refractivity contribution in [1.82, 2.24) is 14.8 Å². The molecule has 96 valence electrons. The molecule has 10 heteroatoms. The number of nitrogens with zero attached hydrogens (tertiary/aromatic N) is 3. The van der Waals surface area contributed by atoms with Gasteiger partial charge < -0.3 is 5.32 Å². The maximum absolute atomic E-state index is 12.5. The molecule has 0 spiro atoms. The molecule has 0 saturated heterocycles. The van der Waals surface area contributed by atoms with Crippen molar-refractivity contribution < 1.29 is 26.3 Å². The highest BCUT2D eigenvalue weighted by atomic mass is 19.4. The molecule has 0 aromatic carbocycles. The van der Waals surface area contributed by atoms with E-state index in [4.69, 9.17) is 0 Å². The normalized spacial score (nSPS) is 20.9. The number of fused-ring (bicyclic) bond motifs is 1. The first kappa shape index (κ1) is 12.0. The Morgan fingerprint density at radius 2 is 1.82 bits per heavy atom. The van der Waals surface area contributed by atoms with Gasteiger partial charge in [-0.3, -0.25) is 0 Å². The smallest absolute Gasteiger partial charge is 0.354 e. The van der Waals surface area contributed by atoms with Gasteiger partial charge in [-0.2, -0.15) is 31.3 Å². The summed E-state index contributed by atoms with van der Waals surface area (Å²) in [6.45, 7) is -0.0971. The average Bonchev–Trinajstić information content (AvgIpc) is 2.57. The minimum atomic E-state index is -4.86. The monoisotopic (exact) mass is 260 g/mol. The van der Waals surface area contributed by atoms with Crippen LogP contribution < -0.4 is 5.32 Å². The largest absolute Gasteiger partial charge is 0.453 e. The van der Waals surface area contributed by atoms with E-state index in [0.29, 0.717) is 0 Å². The van der Waals surface area contributed by atoms with Crippen LogP contribution >= 0.6 is 0 Å². The van der Waals surface area contributed by atoms with Gasteiger partial charge >= 0.3 is 12.4 Å². The summed E-state index contributed by atoms with van der Waals surface area (Å²) >= 11 is 0. The number of alkyl halides is 6. The van der Waals surface area contributed by atoms with E-state index in [2.05, 4.69) is 15.4 Å². The summed E-state index contributed by atoms with van der Waals surface area (Å²) in [5, 5.41) is 5.21. The van der Waals surface area contributed by atoms with Crippen molar-refractivity contribution in [3.8, 4) is 0 Å². The van der Waals surface area contributed by atoms with Gasteiger partial charge in [0.1, 0.15) is 0 Å². The Balaban J connectivity index is 2.42. The first-order valence-corrected chi connectivity index (χ1v) is 4.54. The van der Waals surface area contributed by atoms with E-state index >= 15 is 0 Å². The van der Waals surface area contributed by atoms with E-state index < -0.39 is 30.2 Å². The SMILES string of the molecule is FC(F)(F)c1nc2n(n1)C(C(F)(F)F)CCN2. The molecular formula is C7H6F6N4. The first-order chi connectivity index (χ1) is 7.69. The molecule has 1 aromatic rings. The van der Waals surface area contributed by atoms with Crippen LogP contribution in [0.3, 0.4) is 0 Å². The van der Waals surface area contributed by atoms with Gasteiger partial charge in [0, 0.05) is 6.54 Å². The fourth-order valence-corrected chi connectivity index (χ4v) is 1.53. The zero-order valence-corrected chi connectivity index (χ0v) is 8.10. The van der Waals surface area contributed by atoms with Gasteiger partial charge in [0.15, 0.2) is 6.04 Å². The fourth-order valence-electron chi connectivity index (χ4n) is 1.53. The lowest BCUT2D eigenvalue weighted by atomic mass is 10.2. The van der Waals surface area contributed by atoms with Gasteiger partial charge in [0.05, 0.1) is 0 Å². The van der Waals surface area contributed by atoms with Gasteiger partial charge in [-0.1, -0.05) is 0 Å². The summed E-state index contributed by atoms with van der Waals surface area (Å²) in [4.78, 5) is 3.00. The molecule has 0 radical (unpaired) electrons. The Hall–Kier alpha value is -1.48. The van der Waals surface area contributed by atoms with Gasteiger partial charge in [-0.25, -0.2) is 4.68 Å². The maximum Gasteiger partial charge on any atom is 0.453 e. The molecule has 1 aliphatic rings. The van der Waals surface area contributed by atoms with Crippen LogP contribution in [0.1, 0.15) is 18.3 Å². The third kappa shape index (κ3) is 2.15. The summed E-state index contributed by atoms with van der Waals surface area (Å²) in [5.41, 5.74) is 0. The summed E-state index contributed by atoms with van der Waals surface area (Å²) in [6, 6.07) is -2.07. The topological polar surface area (TPSA) is 42.7 Å². The summed E-state index contributed by atoms with van der Waals surface area (Å²) in [7, 11) is 0. The molecule has 4 nitrogen and oxygen atoms in total. The fraction of sp³-hybridized carbons (Fsp3) is 0.714. The number of halogens is 6. The van der Waals surface area contributed by atoms with Crippen molar-refractivity contribution in [1.29, 1.82) is 0 Å². The lowest BCUT2D eigenvalue weighted by Gasteiger charge is -2.25. The number of anilines is 1. The van der Waals surface area contributed by atoms with Crippen molar-refractivity contribution >= 4 is 5.95 Å². The number of hydrogen-bond acceptors (Lipinski definition) is 3. The molecule has 1 unspecified atom stereocenters. The molecule has 17 heavy (non-hydrogen) atoms. The van der Waals surface area contributed by atoms with Crippen molar-refractivity contribution in [3.05, 3.63) is 5.82 Å². The van der Waals surface area contributed by atoms with Crippen molar-refractivity contribution in [3.63, 3.8) is 0 Å². The third-order valence-corrected chi connectivity index (χ3v) is 2.26. The molecule has 1 atom stereocenters. The minimum absolute atomic E-state index is 0.0971. The molecule has 0 fully saturated rings. The lowest BCUT2D eigenvalue weighted by molar-refractivity contribution is -0.173.